The van der Waals surface area contributed by atoms with Gasteiger partial charge in [-0.2, -0.15) is 18.3 Å². The number of aryl methyl sites for hydroxylation is 1. The molecule has 0 saturated carbocycles. The summed E-state index contributed by atoms with van der Waals surface area (Å²) in [5.41, 5.74) is 0.0565. The van der Waals surface area contributed by atoms with Gasteiger partial charge in [0.1, 0.15) is 17.3 Å². The van der Waals surface area contributed by atoms with Gasteiger partial charge in [0, 0.05) is 30.1 Å². The Balaban J connectivity index is 1.68. The zero-order valence-electron chi connectivity index (χ0n) is 17.5. The predicted molar refractivity (Wildman–Crippen MR) is 115 cm³/mol. The maximum absolute atomic E-state index is 14.6. The van der Waals surface area contributed by atoms with Gasteiger partial charge in [-0.15, -0.1) is 0 Å². The molecule has 4 rings (SSSR count). The minimum atomic E-state index is -4.75. The van der Waals surface area contributed by atoms with Crippen LogP contribution in [0.15, 0.2) is 54.7 Å². The van der Waals surface area contributed by atoms with E-state index in [0.717, 1.165) is 10.7 Å². The van der Waals surface area contributed by atoms with E-state index >= 15 is 0 Å². The van der Waals surface area contributed by atoms with Crippen LogP contribution in [-0.4, -0.2) is 32.7 Å². The maximum atomic E-state index is 14.6. The van der Waals surface area contributed by atoms with E-state index in [1.807, 2.05) is 0 Å². The molecule has 0 bridgehead atoms. The molecule has 1 amide bonds. The van der Waals surface area contributed by atoms with Crippen molar-refractivity contribution in [1.29, 1.82) is 0 Å². The highest BCUT2D eigenvalue weighted by Gasteiger charge is 2.36. The van der Waals surface area contributed by atoms with Crippen molar-refractivity contribution < 1.29 is 22.4 Å². The molecule has 0 aliphatic heterocycles. The van der Waals surface area contributed by atoms with E-state index in [9.17, 15) is 22.4 Å². The number of hydrogen-bond acceptors (Lipinski definition) is 4. The molecule has 0 unspecified atom stereocenters. The molecular formula is C22H18F4N6O. The first-order valence-electron chi connectivity index (χ1n) is 9.74. The van der Waals surface area contributed by atoms with Crippen LogP contribution < -0.4 is 10.6 Å². The van der Waals surface area contributed by atoms with Gasteiger partial charge in [-0.1, -0.05) is 6.07 Å². The number of alkyl halides is 3. The second-order valence-corrected chi connectivity index (χ2v) is 7.16. The molecule has 3 N–H and O–H groups in total. The topological polar surface area (TPSA) is 87.6 Å². The minimum Gasteiger partial charge on any atom is -0.388 e. The summed E-state index contributed by atoms with van der Waals surface area (Å²) in [7, 11) is 1.65. The largest absolute Gasteiger partial charge is 0.435 e. The Morgan fingerprint density at radius 2 is 1.88 bits per heavy atom. The van der Waals surface area contributed by atoms with Crippen LogP contribution in [0.25, 0.3) is 16.9 Å². The molecule has 7 nitrogen and oxygen atoms in total. The van der Waals surface area contributed by atoms with Crippen LogP contribution in [0.3, 0.4) is 0 Å². The highest BCUT2D eigenvalue weighted by molar-refractivity contribution is 6.03. The Morgan fingerprint density at radius 1 is 1.09 bits per heavy atom. The first-order valence-corrected chi connectivity index (χ1v) is 9.74. The Morgan fingerprint density at radius 3 is 2.52 bits per heavy atom. The lowest BCUT2D eigenvalue weighted by atomic mass is 10.1. The molecule has 0 spiro atoms. The number of carbonyl (C=O) groups is 1. The maximum Gasteiger partial charge on any atom is 0.435 e. The van der Waals surface area contributed by atoms with Gasteiger partial charge in [-0.3, -0.25) is 4.79 Å². The Bertz CT molecular complexity index is 1320. The number of halogens is 4. The van der Waals surface area contributed by atoms with E-state index in [1.165, 1.54) is 24.4 Å². The summed E-state index contributed by atoms with van der Waals surface area (Å²) in [4.78, 5) is 19.8. The van der Waals surface area contributed by atoms with Gasteiger partial charge in [0.15, 0.2) is 5.69 Å². The molecule has 0 radical (unpaired) electrons. The van der Waals surface area contributed by atoms with Crippen molar-refractivity contribution in [3.8, 4) is 16.9 Å². The Kier molecular flexibility index (Phi) is 5.62. The molecule has 0 atom stereocenters. The van der Waals surface area contributed by atoms with Crippen molar-refractivity contribution in [3.63, 3.8) is 0 Å². The molecule has 0 aliphatic carbocycles. The molecule has 2 heterocycles. The minimum absolute atomic E-state index is 0.0720. The quantitative estimate of drug-likeness (QED) is 0.367. The SMILES string of the molecule is CNc1cccc(-n2nc(C(F)(F)F)cc2C(=O)Nc2ccc(-c3cnc(C)[nH]3)c(F)c2)c1. The van der Waals surface area contributed by atoms with Crippen molar-refractivity contribution in [2.75, 3.05) is 17.7 Å². The molecule has 2 aromatic carbocycles. The third-order valence-corrected chi connectivity index (χ3v) is 4.83. The second kappa shape index (κ2) is 8.41. The van der Waals surface area contributed by atoms with Gasteiger partial charge < -0.3 is 15.6 Å². The second-order valence-electron chi connectivity index (χ2n) is 7.16. The van der Waals surface area contributed by atoms with Crippen LogP contribution in [-0.2, 0) is 6.18 Å². The van der Waals surface area contributed by atoms with Crippen LogP contribution >= 0.6 is 0 Å². The fourth-order valence-electron chi connectivity index (χ4n) is 3.24. The smallest absolute Gasteiger partial charge is 0.388 e. The van der Waals surface area contributed by atoms with Crippen molar-refractivity contribution in [3.05, 3.63) is 77.8 Å². The molecule has 170 valence electrons. The van der Waals surface area contributed by atoms with Crippen LogP contribution in [0.2, 0.25) is 0 Å². The monoisotopic (exact) mass is 458 g/mol. The summed E-state index contributed by atoms with van der Waals surface area (Å²) in [5.74, 6) is -0.905. The summed E-state index contributed by atoms with van der Waals surface area (Å²) in [6.07, 6.45) is -3.28. The van der Waals surface area contributed by atoms with Gasteiger partial charge in [-0.25, -0.2) is 14.1 Å². The van der Waals surface area contributed by atoms with Crippen LogP contribution in [0, 0.1) is 12.7 Å². The molecule has 11 heteroatoms. The number of aromatic nitrogens is 4. The molecule has 0 saturated heterocycles. The fraction of sp³-hybridized carbons (Fsp3) is 0.136. The number of hydrogen-bond donors (Lipinski definition) is 3. The summed E-state index contributed by atoms with van der Waals surface area (Å²) in [5, 5.41) is 8.90. The predicted octanol–water partition coefficient (Wildman–Crippen LogP) is 5.02. The molecule has 0 fully saturated rings. The first-order chi connectivity index (χ1) is 15.7. The van der Waals surface area contributed by atoms with Gasteiger partial charge >= 0.3 is 6.18 Å². The van der Waals surface area contributed by atoms with Crippen LogP contribution in [0.5, 0.6) is 0 Å². The lowest BCUT2D eigenvalue weighted by Crippen LogP contribution is -2.17. The third kappa shape index (κ3) is 4.56. The van der Waals surface area contributed by atoms with E-state index < -0.39 is 23.6 Å². The number of nitrogens with zero attached hydrogens (tertiary/aromatic N) is 3. The van der Waals surface area contributed by atoms with E-state index in [-0.39, 0.29) is 22.6 Å². The fourth-order valence-corrected chi connectivity index (χ4v) is 3.24. The van der Waals surface area contributed by atoms with Crippen LogP contribution in [0.4, 0.5) is 28.9 Å². The van der Waals surface area contributed by atoms with Crippen molar-refractivity contribution in [2.45, 2.75) is 13.1 Å². The van der Waals surface area contributed by atoms with E-state index in [4.69, 9.17) is 0 Å². The lowest BCUT2D eigenvalue weighted by Gasteiger charge is -2.10. The normalized spacial score (nSPS) is 11.5. The molecule has 4 aromatic rings. The number of H-pyrrole nitrogens is 1. The number of amides is 1. The lowest BCUT2D eigenvalue weighted by molar-refractivity contribution is -0.141. The first kappa shape index (κ1) is 22.1. The standard InChI is InChI=1S/C22H18F4N6O/c1-12-28-11-18(29-12)16-7-6-14(9-17(16)23)30-21(33)19-10-20(22(24,25)26)31-32(19)15-5-3-4-13(8-15)27-2/h3-11,27H,1-2H3,(H,28,29)(H,30,33). The summed E-state index contributed by atoms with van der Waals surface area (Å²) in [6.45, 7) is 1.72. The van der Waals surface area contributed by atoms with E-state index in [0.29, 0.717) is 23.3 Å². The van der Waals surface area contributed by atoms with Crippen molar-refractivity contribution >= 4 is 17.3 Å². The average Bonchev–Trinajstić information content (AvgIpc) is 3.41. The Labute approximate surface area is 185 Å². The highest BCUT2D eigenvalue weighted by Crippen LogP contribution is 2.30. The number of nitrogens with one attached hydrogen (secondary N) is 3. The number of benzene rings is 2. The highest BCUT2D eigenvalue weighted by atomic mass is 19.4. The zero-order valence-corrected chi connectivity index (χ0v) is 17.5. The number of rotatable bonds is 5. The van der Waals surface area contributed by atoms with Gasteiger partial charge in [0.05, 0.1) is 17.6 Å². The molecule has 2 aromatic heterocycles. The third-order valence-electron chi connectivity index (χ3n) is 4.83. The van der Waals surface area contributed by atoms with E-state index in [1.54, 1.807) is 32.2 Å². The zero-order chi connectivity index (χ0) is 23.8. The summed E-state index contributed by atoms with van der Waals surface area (Å²) < 4.78 is 55.5. The average molecular weight is 458 g/mol. The number of imidazole rings is 1. The molecule has 33 heavy (non-hydrogen) atoms. The van der Waals surface area contributed by atoms with Crippen molar-refractivity contribution in [1.82, 2.24) is 19.7 Å². The molecule has 0 aliphatic rings. The van der Waals surface area contributed by atoms with Gasteiger partial charge in [0.25, 0.3) is 5.91 Å². The van der Waals surface area contributed by atoms with Gasteiger partial charge in [0.2, 0.25) is 0 Å². The number of aromatic amines is 1. The number of carbonyl (C=O) groups excluding carboxylic acids is 1. The van der Waals surface area contributed by atoms with Gasteiger partial charge in [-0.05, 0) is 43.3 Å². The Hall–Kier alpha value is -4.15. The van der Waals surface area contributed by atoms with E-state index in [2.05, 4.69) is 25.7 Å². The number of anilines is 2. The molecular weight excluding hydrogens is 440 g/mol. The summed E-state index contributed by atoms with van der Waals surface area (Å²) in [6, 6.07) is 11.0. The van der Waals surface area contributed by atoms with Crippen LogP contribution in [0.1, 0.15) is 22.0 Å². The summed E-state index contributed by atoms with van der Waals surface area (Å²) >= 11 is 0. The van der Waals surface area contributed by atoms with Crippen molar-refractivity contribution in [2.24, 2.45) is 0 Å².